The number of benzene rings is 1. The molecule has 0 bridgehead atoms. The fourth-order valence-corrected chi connectivity index (χ4v) is 2.95. The normalized spacial score (nSPS) is 18.2. The summed E-state index contributed by atoms with van der Waals surface area (Å²) in [5, 5.41) is 2.97. The van der Waals surface area contributed by atoms with Crippen molar-refractivity contribution < 1.29 is 14.3 Å². The molecule has 1 amide bonds. The SMILES string of the molecule is CCN1CCC[C@H]1CNC(=O)c1cc(C(C)=O)ccc1OC. The van der Waals surface area contributed by atoms with Gasteiger partial charge in [0.05, 0.1) is 12.7 Å². The van der Waals surface area contributed by atoms with Crippen LogP contribution in [0.3, 0.4) is 0 Å². The maximum absolute atomic E-state index is 12.4. The Labute approximate surface area is 131 Å². The fraction of sp³-hybridized carbons (Fsp3) is 0.529. The van der Waals surface area contributed by atoms with Gasteiger partial charge in [0, 0.05) is 18.2 Å². The van der Waals surface area contributed by atoms with E-state index >= 15 is 0 Å². The molecule has 1 aromatic carbocycles. The van der Waals surface area contributed by atoms with Crippen LogP contribution in [0, 0.1) is 0 Å². The van der Waals surface area contributed by atoms with Crippen LogP contribution in [0.25, 0.3) is 0 Å². The van der Waals surface area contributed by atoms with E-state index in [1.165, 1.54) is 20.5 Å². The van der Waals surface area contributed by atoms with Crippen molar-refractivity contribution >= 4 is 11.7 Å². The molecule has 0 radical (unpaired) electrons. The number of nitrogens with zero attached hydrogens (tertiary/aromatic N) is 1. The van der Waals surface area contributed by atoms with Crippen LogP contribution in [0.4, 0.5) is 0 Å². The molecule has 22 heavy (non-hydrogen) atoms. The van der Waals surface area contributed by atoms with Crippen LogP contribution in [0.15, 0.2) is 18.2 Å². The molecule has 5 nitrogen and oxygen atoms in total. The van der Waals surface area contributed by atoms with E-state index in [4.69, 9.17) is 4.74 Å². The van der Waals surface area contributed by atoms with Gasteiger partial charge in [-0.1, -0.05) is 6.92 Å². The Hall–Kier alpha value is -1.88. The van der Waals surface area contributed by atoms with E-state index in [9.17, 15) is 9.59 Å². The summed E-state index contributed by atoms with van der Waals surface area (Å²) in [5.41, 5.74) is 0.929. The first-order valence-corrected chi connectivity index (χ1v) is 7.78. The maximum atomic E-state index is 12.4. The minimum absolute atomic E-state index is 0.0651. The number of nitrogens with one attached hydrogen (secondary N) is 1. The number of ketones is 1. The molecule has 0 spiro atoms. The number of carbonyl (C=O) groups excluding carboxylic acids is 2. The molecule has 1 N–H and O–H groups in total. The van der Waals surface area contributed by atoms with Gasteiger partial charge >= 0.3 is 0 Å². The Kier molecular flexibility index (Phi) is 5.55. The van der Waals surface area contributed by atoms with Gasteiger partial charge in [-0.25, -0.2) is 0 Å². The van der Waals surface area contributed by atoms with Gasteiger partial charge in [-0.05, 0) is 51.1 Å². The van der Waals surface area contributed by atoms with Crippen molar-refractivity contribution in [2.24, 2.45) is 0 Å². The molecule has 0 aliphatic carbocycles. The number of likely N-dealkylation sites (tertiary alicyclic amines) is 1. The lowest BCUT2D eigenvalue weighted by Crippen LogP contribution is -2.40. The molecular weight excluding hydrogens is 280 g/mol. The predicted octanol–water partition coefficient (Wildman–Crippen LogP) is 2.11. The van der Waals surface area contributed by atoms with Crippen molar-refractivity contribution in [1.29, 1.82) is 0 Å². The number of hydrogen-bond acceptors (Lipinski definition) is 4. The molecule has 5 heteroatoms. The zero-order chi connectivity index (χ0) is 16.1. The Balaban J connectivity index is 2.08. The van der Waals surface area contributed by atoms with E-state index in [0.717, 1.165) is 19.5 Å². The highest BCUT2D eigenvalue weighted by molar-refractivity contribution is 6.01. The highest BCUT2D eigenvalue weighted by Gasteiger charge is 2.24. The van der Waals surface area contributed by atoms with E-state index in [-0.39, 0.29) is 11.7 Å². The molecule has 1 fully saturated rings. The predicted molar refractivity (Wildman–Crippen MR) is 85.6 cm³/mol. The lowest BCUT2D eigenvalue weighted by Gasteiger charge is -2.23. The third-order valence-electron chi connectivity index (χ3n) is 4.25. The van der Waals surface area contributed by atoms with Crippen LogP contribution in [0.2, 0.25) is 0 Å². The van der Waals surface area contributed by atoms with E-state index in [2.05, 4.69) is 17.1 Å². The second-order valence-electron chi connectivity index (χ2n) is 5.61. The molecule has 1 aliphatic rings. The standard InChI is InChI=1S/C17H24N2O3/c1-4-19-9-5-6-14(19)11-18-17(21)15-10-13(12(2)20)7-8-16(15)22-3/h7-8,10,14H,4-6,9,11H2,1-3H3,(H,18,21)/t14-/m0/s1. The number of carbonyl (C=O) groups is 2. The molecular formula is C17H24N2O3. The Morgan fingerprint density at radius 1 is 1.41 bits per heavy atom. The summed E-state index contributed by atoms with van der Waals surface area (Å²) in [6, 6.07) is 5.34. The average molecular weight is 304 g/mol. The van der Waals surface area contributed by atoms with Crippen molar-refractivity contribution in [3.63, 3.8) is 0 Å². The van der Waals surface area contributed by atoms with Gasteiger partial charge in [0.1, 0.15) is 5.75 Å². The zero-order valence-electron chi connectivity index (χ0n) is 13.5. The van der Waals surface area contributed by atoms with Gasteiger partial charge in [-0.2, -0.15) is 0 Å². The Morgan fingerprint density at radius 3 is 2.82 bits per heavy atom. The first-order valence-electron chi connectivity index (χ1n) is 7.78. The van der Waals surface area contributed by atoms with Crippen LogP contribution in [-0.4, -0.2) is 49.4 Å². The van der Waals surface area contributed by atoms with Crippen LogP contribution in [0.1, 0.15) is 47.4 Å². The van der Waals surface area contributed by atoms with Crippen LogP contribution >= 0.6 is 0 Å². The number of ether oxygens (including phenoxy) is 1. The highest BCUT2D eigenvalue weighted by Crippen LogP contribution is 2.21. The largest absolute Gasteiger partial charge is 0.496 e. The molecule has 2 rings (SSSR count). The molecule has 0 aromatic heterocycles. The quantitative estimate of drug-likeness (QED) is 0.818. The van der Waals surface area contributed by atoms with Gasteiger partial charge in [-0.3, -0.25) is 14.5 Å². The van der Waals surface area contributed by atoms with Crippen LogP contribution in [0.5, 0.6) is 5.75 Å². The maximum Gasteiger partial charge on any atom is 0.255 e. The Bertz CT molecular complexity index is 557. The number of amides is 1. The topological polar surface area (TPSA) is 58.6 Å². The van der Waals surface area contributed by atoms with Crippen molar-refractivity contribution in [2.75, 3.05) is 26.7 Å². The van der Waals surface area contributed by atoms with Crippen molar-refractivity contribution in [1.82, 2.24) is 10.2 Å². The fourth-order valence-electron chi connectivity index (χ4n) is 2.95. The summed E-state index contributed by atoms with van der Waals surface area (Å²) in [5.74, 6) is 0.230. The first kappa shape index (κ1) is 16.5. The van der Waals surface area contributed by atoms with E-state index in [1.54, 1.807) is 18.2 Å². The first-order chi connectivity index (χ1) is 10.6. The molecule has 120 valence electrons. The third-order valence-corrected chi connectivity index (χ3v) is 4.25. The van der Waals surface area contributed by atoms with Crippen molar-refractivity contribution in [3.8, 4) is 5.75 Å². The smallest absolute Gasteiger partial charge is 0.255 e. The summed E-state index contributed by atoms with van der Waals surface area (Å²) < 4.78 is 5.23. The van der Waals surface area contributed by atoms with Gasteiger partial charge in [0.15, 0.2) is 5.78 Å². The molecule has 0 saturated carbocycles. The van der Waals surface area contributed by atoms with E-state index < -0.39 is 0 Å². The summed E-state index contributed by atoms with van der Waals surface area (Å²) in [7, 11) is 1.52. The lowest BCUT2D eigenvalue weighted by atomic mass is 10.1. The monoisotopic (exact) mass is 304 g/mol. The summed E-state index contributed by atoms with van der Waals surface area (Å²) in [6.45, 7) is 6.35. The second-order valence-corrected chi connectivity index (χ2v) is 5.61. The molecule has 1 atom stereocenters. The molecule has 1 aromatic rings. The Morgan fingerprint density at radius 2 is 2.18 bits per heavy atom. The van der Waals surface area contributed by atoms with Crippen LogP contribution in [-0.2, 0) is 0 Å². The van der Waals surface area contributed by atoms with E-state index in [1.807, 2.05) is 0 Å². The number of Topliss-reactive ketones (excluding diaryl/α,β-unsaturated/α-hetero) is 1. The summed E-state index contributed by atoms with van der Waals surface area (Å²) in [6.07, 6.45) is 2.29. The molecule has 0 unspecified atom stereocenters. The molecule has 1 aliphatic heterocycles. The lowest BCUT2D eigenvalue weighted by molar-refractivity contribution is 0.0938. The molecule has 1 heterocycles. The molecule has 1 saturated heterocycles. The van der Waals surface area contributed by atoms with Crippen molar-refractivity contribution in [2.45, 2.75) is 32.7 Å². The third kappa shape index (κ3) is 3.65. The number of likely N-dealkylation sites (N-methyl/N-ethyl adjacent to an activating group) is 1. The van der Waals surface area contributed by atoms with Gasteiger partial charge in [-0.15, -0.1) is 0 Å². The minimum atomic E-state index is -0.192. The number of rotatable bonds is 6. The van der Waals surface area contributed by atoms with E-state index in [0.29, 0.717) is 29.5 Å². The minimum Gasteiger partial charge on any atom is -0.496 e. The van der Waals surface area contributed by atoms with Gasteiger partial charge < -0.3 is 10.1 Å². The highest BCUT2D eigenvalue weighted by atomic mass is 16.5. The summed E-state index contributed by atoms with van der Waals surface area (Å²) >= 11 is 0. The van der Waals surface area contributed by atoms with Crippen molar-refractivity contribution in [3.05, 3.63) is 29.3 Å². The second kappa shape index (κ2) is 7.40. The van der Waals surface area contributed by atoms with Gasteiger partial charge in [0.2, 0.25) is 0 Å². The number of hydrogen-bond donors (Lipinski definition) is 1. The summed E-state index contributed by atoms with van der Waals surface area (Å²) in [4.78, 5) is 26.3. The number of methoxy groups -OCH3 is 1. The zero-order valence-corrected chi connectivity index (χ0v) is 13.5. The van der Waals surface area contributed by atoms with Gasteiger partial charge in [0.25, 0.3) is 5.91 Å². The van der Waals surface area contributed by atoms with Crippen LogP contribution < -0.4 is 10.1 Å². The average Bonchev–Trinajstić information content (AvgIpc) is 2.99.